The number of fused-ring (bicyclic) bond motifs is 12. The van der Waals surface area contributed by atoms with E-state index in [0.717, 1.165) is 238 Å². The van der Waals surface area contributed by atoms with Crippen LogP contribution in [0.15, 0.2) is 142 Å². The van der Waals surface area contributed by atoms with Crippen molar-refractivity contribution in [3.8, 4) is 11.9 Å². The Morgan fingerprint density at radius 2 is 0.695 bits per heavy atom. The third-order valence-corrected chi connectivity index (χ3v) is 25.4. The van der Waals surface area contributed by atoms with Crippen LogP contribution >= 0.6 is 0 Å². The summed E-state index contributed by atoms with van der Waals surface area (Å²) in [7, 11) is 12.5. The van der Waals surface area contributed by atoms with Crippen LogP contribution in [-0.4, -0.2) is 239 Å². The van der Waals surface area contributed by atoms with E-state index in [-0.39, 0.29) is 19.5 Å². The van der Waals surface area contributed by atoms with Gasteiger partial charge in [0.15, 0.2) is 5.69 Å². The van der Waals surface area contributed by atoms with Crippen molar-refractivity contribution >= 4 is 101 Å². The molecular formula is C89H106N38O. The molecule has 658 valence electrons. The van der Waals surface area contributed by atoms with Crippen molar-refractivity contribution < 1.29 is 4.74 Å². The fraction of sp³-hybridized carbons (Fsp3) is 0.393. The Labute approximate surface area is 737 Å². The molecule has 7 atom stereocenters. The number of aromatic amines is 6. The van der Waals surface area contributed by atoms with E-state index in [4.69, 9.17) is 10.00 Å². The number of nitriles is 1. The van der Waals surface area contributed by atoms with Crippen LogP contribution in [0.4, 0.5) is 34.9 Å². The minimum atomic E-state index is 0. The molecular weight excluding hydrogens is 1620 g/mol. The average Bonchev–Trinajstić information content (AvgIpc) is 1.66. The molecule has 0 spiro atoms. The predicted molar refractivity (Wildman–Crippen MR) is 490 cm³/mol. The predicted octanol–water partition coefficient (Wildman–Crippen LogP) is 10.4. The van der Waals surface area contributed by atoms with Gasteiger partial charge in [0, 0.05) is 121 Å². The second-order valence-electron chi connectivity index (χ2n) is 33.7. The highest BCUT2D eigenvalue weighted by Crippen LogP contribution is 2.36. The highest BCUT2D eigenvalue weighted by atomic mass is 16.5. The standard InChI is InChI=1S/C16H17N7.2C15H18N6.C14H17N7.C14H16N6O.C14H16N6.CH4/c1-10-5-12-6-11(7-17)21-23(12)8-14(10)22(2)16-13-3-4-18-15(13)19-9-20-16;2*1-10-7-11-3-4-12(8-21(11)19-10)20(2)15-13-5-6-16-14(13)17-9-18-15;1-9-18-12-4-3-10(7-21(12)19-9)20(2)14-11-5-6-15-13(11)16-8-17-14;1-9-5-12-20(18-9)6-10(7-21-12)19(2)14-11-3-4-15-13(11)16-8-17-14;1-9-5-10-6-11(7-20(10)18-9)19(2)14-12-3-4-15-13(12)16-8-17-14;/h3-4,6,9-10,14H,5,8H2,1-2H3,(H,18,19,20);2*5-7,9,12H,3-4,8H2,1-2H3,(H,16,17,18);5-6,8,10H,3-4,7H2,1-2H3,(H,15,16,17);3-5,8,10H,6-7H2,1-2H3,(H,15,16,17);3-5,8,11H,6-7H2,1-2H3,(H,15,16,17);1H4/t10-,14+;2*12-;2*10-;11-;/m110101./s1. The summed E-state index contributed by atoms with van der Waals surface area (Å²) in [5.74, 6) is 8.96. The van der Waals surface area contributed by atoms with Crippen molar-refractivity contribution in [1.82, 2.24) is 153 Å². The van der Waals surface area contributed by atoms with E-state index in [9.17, 15) is 0 Å². The number of hydrogen-bond acceptors (Lipinski definition) is 27. The lowest BCUT2D eigenvalue weighted by Crippen LogP contribution is -2.45. The Morgan fingerprint density at radius 3 is 1.12 bits per heavy atom. The minimum absolute atomic E-state index is 0. The van der Waals surface area contributed by atoms with Crippen LogP contribution < -0.4 is 34.1 Å². The van der Waals surface area contributed by atoms with Crippen molar-refractivity contribution in [2.45, 2.75) is 176 Å². The molecule has 24 rings (SSSR count). The molecule has 0 radical (unpaired) electrons. The highest BCUT2D eigenvalue weighted by Gasteiger charge is 2.35. The summed E-state index contributed by atoms with van der Waals surface area (Å²) in [5, 5.41) is 42.3. The van der Waals surface area contributed by atoms with Gasteiger partial charge in [-0.05, 0) is 140 Å². The monoisotopic (exact) mass is 1720 g/mol. The number of nitrogens with zero attached hydrogens (tertiary/aromatic N) is 32. The van der Waals surface area contributed by atoms with Gasteiger partial charge in [0.1, 0.15) is 131 Å². The smallest absolute Gasteiger partial charge is 0.212 e. The summed E-state index contributed by atoms with van der Waals surface area (Å²) >= 11 is 0. The van der Waals surface area contributed by atoms with Crippen LogP contribution in [0.1, 0.15) is 96.5 Å². The van der Waals surface area contributed by atoms with Gasteiger partial charge in [0.05, 0.1) is 131 Å². The van der Waals surface area contributed by atoms with Gasteiger partial charge in [0.2, 0.25) is 5.88 Å². The molecule has 0 unspecified atom stereocenters. The van der Waals surface area contributed by atoms with Gasteiger partial charge < -0.3 is 64.0 Å². The summed E-state index contributed by atoms with van der Waals surface area (Å²) in [6.45, 7) is 18.0. The first kappa shape index (κ1) is 83.9. The fourth-order valence-electron chi connectivity index (χ4n) is 18.6. The van der Waals surface area contributed by atoms with Crippen LogP contribution in [0.5, 0.6) is 5.88 Å². The van der Waals surface area contributed by atoms with Crippen molar-refractivity contribution in [1.29, 1.82) is 5.26 Å². The second kappa shape index (κ2) is 35.6. The van der Waals surface area contributed by atoms with Crippen LogP contribution in [0, 0.1) is 51.9 Å². The Balaban J connectivity index is 0.000000104. The Morgan fingerprint density at radius 1 is 0.359 bits per heavy atom. The number of hydrogen-bond donors (Lipinski definition) is 6. The van der Waals surface area contributed by atoms with E-state index in [1.807, 2.05) is 128 Å². The van der Waals surface area contributed by atoms with E-state index in [1.165, 1.54) is 17.1 Å². The summed E-state index contributed by atoms with van der Waals surface area (Å²) in [5.41, 5.74) is 15.1. The van der Waals surface area contributed by atoms with Crippen molar-refractivity contribution in [2.75, 3.05) is 78.3 Å². The molecule has 0 fully saturated rings. The van der Waals surface area contributed by atoms with Gasteiger partial charge in [-0.1, -0.05) is 14.4 Å². The zero-order chi connectivity index (χ0) is 87.3. The number of anilines is 6. The largest absolute Gasteiger partial charge is 0.476 e. The highest BCUT2D eigenvalue weighted by molar-refractivity contribution is 5.91. The van der Waals surface area contributed by atoms with Crippen molar-refractivity contribution in [3.63, 3.8) is 0 Å². The molecule has 39 nitrogen and oxygen atoms in total. The average molecular weight is 1720 g/mol. The third kappa shape index (κ3) is 16.8. The Hall–Kier alpha value is -15.0. The zero-order valence-corrected chi connectivity index (χ0v) is 73.1. The summed E-state index contributed by atoms with van der Waals surface area (Å²) < 4.78 is 18.1. The molecule has 0 aliphatic carbocycles. The molecule has 0 amide bonds. The van der Waals surface area contributed by atoms with E-state index >= 15 is 0 Å². The lowest BCUT2D eigenvalue weighted by atomic mass is 9.92. The first-order valence-corrected chi connectivity index (χ1v) is 43.0. The second-order valence-corrected chi connectivity index (χ2v) is 33.7. The molecule has 39 heteroatoms. The van der Waals surface area contributed by atoms with Crippen LogP contribution in [0.3, 0.4) is 0 Å². The lowest BCUT2D eigenvalue weighted by Gasteiger charge is -2.37. The van der Waals surface area contributed by atoms with Crippen LogP contribution in [-0.2, 0) is 71.4 Å². The molecule has 18 aromatic heterocycles. The normalized spacial score (nSPS) is 18.1. The Bertz CT molecular complexity index is 6380. The molecule has 18 aromatic rings. The quantitative estimate of drug-likeness (QED) is 0.0662. The SMILES string of the molecule is C.C[C@@H]1Cc2cc(C#N)nn2C[C@@H]1N(C)c1ncnc2[nH]ccc12.Cc1cc2n(n1)C[C@@H](N(C)c1ncnc3[nH]ccc13)CC2.Cc1cc2n(n1)C[C@H](N(C)c1ncnc3[nH]ccc13)C2.Cc1cc2n(n1)C[C@H](N(C)c1ncnc3[nH]ccc13)CC2.Cc1cc2n(n1)C[C@H](N(C)c1ncnc3[nH]ccc13)CO2.Cc1nc2n(n1)C[C@H](N(C)c1ncnc3[nH]ccc13)CC2. The van der Waals surface area contributed by atoms with E-state index < -0.39 is 0 Å². The Kier molecular flexibility index (Phi) is 23.3. The van der Waals surface area contributed by atoms with Gasteiger partial charge in [0.25, 0.3) is 0 Å². The summed E-state index contributed by atoms with van der Waals surface area (Å²) in [6, 6.07) is 26.7. The molecule has 0 aromatic carbocycles. The van der Waals surface area contributed by atoms with Gasteiger partial charge >= 0.3 is 0 Å². The summed E-state index contributed by atoms with van der Waals surface area (Å²) in [4.78, 5) is 88.8. The van der Waals surface area contributed by atoms with Gasteiger partial charge in [-0.3, -0.25) is 18.7 Å². The van der Waals surface area contributed by atoms with Gasteiger partial charge in [-0.2, -0.15) is 35.9 Å². The first-order chi connectivity index (χ1) is 61.8. The number of nitrogens with one attached hydrogen (secondary N) is 6. The maximum absolute atomic E-state index is 9.04. The maximum atomic E-state index is 9.04. The fourth-order valence-corrected chi connectivity index (χ4v) is 18.6. The topological polar surface area (TPSA) is 422 Å². The van der Waals surface area contributed by atoms with Gasteiger partial charge in [-0.15, -0.1) is 0 Å². The van der Waals surface area contributed by atoms with Gasteiger partial charge in [-0.25, -0.2) is 74.2 Å². The number of likely N-dealkylation sites (N-methyl/N-ethyl adjacent to an activating group) is 6. The molecule has 6 N–H and O–H groups in total. The molecule has 0 saturated carbocycles. The number of aromatic nitrogens is 31. The van der Waals surface area contributed by atoms with E-state index in [1.54, 1.807) is 38.0 Å². The molecule has 6 aliphatic rings. The lowest BCUT2D eigenvalue weighted by molar-refractivity contribution is 0.202. The van der Waals surface area contributed by atoms with Crippen LogP contribution in [0.2, 0.25) is 0 Å². The van der Waals surface area contributed by atoms with E-state index in [0.29, 0.717) is 42.4 Å². The number of ether oxygens (including phenoxy) is 1. The maximum Gasteiger partial charge on any atom is 0.212 e. The molecule has 0 bridgehead atoms. The molecule has 128 heavy (non-hydrogen) atoms. The number of aryl methyl sites for hydroxylation is 8. The van der Waals surface area contributed by atoms with Crippen molar-refractivity contribution in [2.24, 2.45) is 5.92 Å². The summed E-state index contributed by atoms with van der Waals surface area (Å²) in [6.07, 6.45) is 29.3. The first-order valence-electron chi connectivity index (χ1n) is 43.0. The van der Waals surface area contributed by atoms with Crippen LogP contribution in [0.25, 0.3) is 66.2 Å². The zero-order valence-electron chi connectivity index (χ0n) is 73.1. The van der Waals surface area contributed by atoms with E-state index in [2.05, 4.69) is 249 Å². The molecule has 24 heterocycles. The number of H-pyrrole nitrogens is 6. The molecule has 0 saturated heterocycles. The minimum Gasteiger partial charge on any atom is -0.476 e. The third-order valence-electron chi connectivity index (χ3n) is 25.4. The van der Waals surface area contributed by atoms with Crippen molar-refractivity contribution in [3.05, 3.63) is 205 Å². The molecule has 6 aliphatic heterocycles. The number of rotatable bonds is 12.